The van der Waals surface area contributed by atoms with Crippen LogP contribution in [0.25, 0.3) is 0 Å². The number of carboxylic acid groups (broad SMARTS) is 1. The molecule has 1 amide bonds. The lowest BCUT2D eigenvalue weighted by Gasteiger charge is -2.20. The van der Waals surface area contributed by atoms with Gasteiger partial charge < -0.3 is 10.4 Å². The van der Waals surface area contributed by atoms with Gasteiger partial charge in [0, 0.05) is 18.0 Å². The first-order valence-corrected chi connectivity index (χ1v) is 7.07. The highest BCUT2D eigenvalue weighted by Gasteiger charge is 2.26. The van der Waals surface area contributed by atoms with Crippen LogP contribution in [0.1, 0.15) is 32.3 Å². The number of nitrogens with one attached hydrogen (secondary N) is 1. The molecule has 0 saturated heterocycles. The largest absolute Gasteiger partial charge is 0.481 e. The molecule has 0 saturated carbocycles. The predicted molar refractivity (Wildman–Crippen MR) is 80.1 cm³/mol. The Bertz CT molecular complexity index is 469. The Hall–Kier alpha value is -1.55. The molecule has 0 radical (unpaired) electrons. The van der Waals surface area contributed by atoms with E-state index in [2.05, 4.69) is 5.32 Å². The minimum absolute atomic E-state index is 0.119. The van der Waals surface area contributed by atoms with Gasteiger partial charge in [0.1, 0.15) is 0 Å². The van der Waals surface area contributed by atoms with Crippen LogP contribution in [0.2, 0.25) is 0 Å². The van der Waals surface area contributed by atoms with Crippen LogP contribution >= 0.6 is 11.6 Å². The standard InChI is InChI=1S/C15H20ClNO3/c1-15(2,10-16)14(20)17-12-8-6-11(7-9-12)4-3-5-13(18)19/h6-9H,3-5,10H2,1-2H3,(H,17,20)(H,18,19). The summed E-state index contributed by atoms with van der Waals surface area (Å²) in [7, 11) is 0. The second-order valence-electron chi connectivity index (χ2n) is 5.42. The van der Waals surface area contributed by atoms with Gasteiger partial charge in [-0.05, 0) is 44.4 Å². The number of carbonyl (C=O) groups excluding carboxylic acids is 1. The Morgan fingerprint density at radius 1 is 1.25 bits per heavy atom. The zero-order valence-corrected chi connectivity index (χ0v) is 12.5. The second kappa shape index (κ2) is 7.29. The fourth-order valence-electron chi connectivity index (χ4n) is 1.56. The molecule has 20 heavy (non-hydrogen) atoms. The average Bonchev–Trinajstić information content (AvgIpc) is 2.40. The third-order valence-electron chi connectivity index (χ3n) is 3.02. The molecule has 0 heterocycles. The lowest BCUT2D eigenvalue weighted by Crippen LogP contribution is -2.32. The van der Waals surface area contributed by atoms with E-state index in [0.717, 1.165) is 11.3 Å². The van der Waals surface area contributed by atoms with Crippen LogP contribution in [0.3, 0.4) is 0 Å². The van der Waals surface area contributed by atoms with Crippen molar-refractivity contribution in [2.24, 2.45) is 5.41 Å². The van der Waals surface area contributed by atoms with Crippen LogP contribution < -0.4 is 5.32 Å². The number of rotatable bonds is 7. The van der Waals surface area contributed by atoms with Gasteiger partial charge in [0.2, 0.25) is 5.91 Å². The molecule has 0 aliphatic heterocycles. The van der Waals surface area contributed by atoms with Crippen molar-refractivity contribution >= 4 is 29.2 Å². The average molecular weight is 298 g/mol. The van der Waals surface area contributed by atoms with Gasteiger partial charge in [0.25, 0.3) is 0 Å². The lowest BCUT2D eigenvalue weighted by molar-refractivity contribution is -0.137. The number of aliphatic carboxylic acids is 1. The molecule has 110 valence electrons. The zero-order valence-electron chi connectivity index (χ0n) is 11.8. The van der Waals surface area contributed by atoms with Crippen molar-refractivity contribution in [3.05, 3.63) is 29.8 Å². The maximum Gasteiger partial charge on any atom is 0.303 e. The van der Waals surface area contributed by atoms with E-state index in [0.29, 0.717) is 12.8 Å². The van der Waals surface area contributed by atoms with Crippen LogP contribution in [0.15, 0.2) is 24.3 Å². The molecule has 2 N–H and O–H groups in total. The maximum absolute atomic E-state index is 11.9. The summed E-state index contributed by atoms with van der Waals surface area (Å²) in [5.74, 6) is -0.644. The van der Waals surface area contributed by atoms with Crippen LogP contribution in [0, 0.1) is 5.41 Å². The number of benzene rings is 1. The summed E-state index contributed by atoms with van der Waals surface area (Å²) < 4.78 is 0. The molecule has 1 rings (SSSR count). The van der Waals surface area contributed by atoms with Gasteiger partial charge in [0.15, 0.2) is 0 Å². The number of halogens is 1. The Balaban J connectivity index is 2.54. The fraction of sp³-hybridized carbons (Fsp3) is 0.467. The second-order valence-corrected chi connectivity index (χ2v) is 5.68. The van der Waals surface area contributed by atoms with Crippen LogP contribution in [0.4, 0.5) is 5.69 Å². The first-order chi connectivity index (χ1) is 9.35. The minimum atomic E-state index is -0.780. The summed E-state index contributed by atoms with van der Waals surface area (Å²) in [4.78, 5) is 22.4. The molecule has 0 aromatic heterocycles. The normalized spacial score (nSPS) is 11.2. The highest BCUT2D eigenvalue weighted by atomic mass is 35.5. The SMILES string of the molecule is CC(C)(CCl)C(=O)Nc1ccc(CCCC(=O)O)cc1. The third kappa shape index (κ3) is 5.21. The molecule has 1 aromatic carbocycles. The molecule has 0 aliphatic rings. The number of alkyl halides is 1. The summed E-state index contributed by atoms with van der Waals surface area (Å²) in [5, 5.41) is 11.4. The van der Waals surface area contributed by atoms with Crippen LogP contribution in [-0.2, 0) is 16.0 Å². The van der Waals surface area contributed by atoms with E-state index in [1.54, 1.807) is 13.8 Å². The van der Waals surface area contributed by atoms with Gasteiger partial charge in [-0.15, -0.1) is 11.6 Å². The lowest BCUT2D eigenvalue weighted by atomic mass is 9.95. The number of aryl methyl sites for hydroxylation is 1. The number of hydrogen-bond donors (Lipinski definition) is 2. The number of carboxylic acids is 1. The molecular weight excluding hydrogens is 278 g/mol. The van der Waals surface area contributed by atoms with E-state index in [-0.39, 0.29) is 18.2 Å². The predicted octanol–water partition coefficient (Wildman–Crippen LogP) is 3.30. The minimum Gasteiger partial charge on any atom is -0.481 e. The molecule has 0 spiro atoms. The third-order valence-corrected chi connectivity index (χ3v) is 3.68. The van der Waals surface area contributed by atoms with Gasteiger partial charge in [-0.2, -0.15) is 0 Å². The molecule has 5 heteroatoms. The van der Waals surface area contributed by atoms with E-state index in [1.165, 1.54) is 0 Å². The van der Waals surface area contributed by atoms with Gasteiger partial charge in [-0.3, -0.25) is 9.59 Å². The molecule has 0 unspecified atom stereocenters. The number of hydrogen-bond acceptors (Lipinski definition) is 2. The number of amides is 1. The highest BCUT2D eigenvalue weighted by molar-refractivity contribution is 6.20. The van der Waals surface area contributed by atoms with E-state index >= 15 is 0 Å². The summed E-state index contributed by atoms with van der Waals surface area (Å²) in [6, 6.07) is 7.42. The molecule has 0 fully saturated rings. The Kier molecular flexibility index (Phi) is 6.02. The van der Waals surface area contributed by atoms with Gasteiger partial charge in [-0.1, -0.05) is 12.1 Å². The van der Waals surface area contributed by atoms with Gasteiger partial charge in [-0.25, -0.2) is 0 Å². The quantitative estimate of drug-likeness (QED) is 0.759. The summed E-state index contributed by atoms with van der Waals surface area (Å²) in [6.07, 6.45) is 1.50. The van der Waals surface area contributed by atoms with E-state index in [9.17, 15) is 9.59 Å². The molecule has 1 aromatic rings. The van der Waals surface area contributed by atoms with Gasteiger partial charge in [0.05, 0.1) is 5.41 Å². The van der Waals surface area contributed by atoms with E-state index in [1.807, 2.05) is 24.3 Å². The summed E-state index contributed by atoms with van der Waals surface area (Å²) in [5.41, 5.74) is 1.16. The molecule has 0 bridgehead atoms. The Labute approximate surface area is 124 Å². The van der Waals surface area contributed by atoms with Crippen molar-refractivity contribution in [3.63, 3.8) is 0 Å². The molecule has 0 aliphatic carbocycles. The van der Waals surface area contributed by atoms with Crippen molar-refractivity contribution in [2.45, 2.75) is 33.1 Å². The van der Waals surface area contributed by atoms with Crippen molar-refractivity contribution in [2.75, 3.05) is 11.2 Å². The van der Waals surface area contributed by atoms with Crippen molar-refractivity contribution in [1.29, 1.82) is 0 Å². The van der Waals surface area contributed by atoms with Crippen LogP contribution in [-0.4, -0.2) is 22.9 Å². The topological polar surface area (TPSA) is 66.4 Å². The number of anilines is 1. The highest BCUT2D eigenvalue weighted by Crippen LogP contribution is 2.20. The van der Waals surface area contributed by atoms with E-state index in [4.69, 9.17) is 16.7 Å². The summed E-state index contributed by atoms with van der Waals surface area (Å²) in [6.45, 7) is 3.57. The Morgan fingerprint density at radius 2 is 1.85 bits per heavy atom. The smallest absolute Gasteiger partial charge is 0.303 e. The van der Waals surface area contributed by atoms with Crippen LogP contribution in [0.5, 0.6) is 0 Å². The first kappa shape index (κ1) is 16.5. The monoisotopic (exact) mass is 297 g/mol. The van der Waals surface area contributed by atoms with Crippen molar-refractivity contribution in [1.82, 2.24) is 0 Å². The number of carbonyl (C=O) groups is 2. The molecule has 0 atom stereocenters. The summed E-state index contributed by atoms with van der Waals surface area (Å²) >= 11 is 5.75. The first-order valence-electron chi connectivity index (χ1n) is 6.53. The van der Waals surface area contributed by atoms with Crippen molar-refractivity contribution < 1.29 is 14.7 Å². The fourth-order valence-corrected chi connectivity index (χ4v) is 1.68. The molecular formula is C15H20ClNO3. The van der Waals surface area contributed by atoms with Gasteiger partial charge >= 0.3 is 5.97 Å². The maximum atomic E-state index is 11.9. The van der Waals surface area contributed by atoms with Crippen molar-refractivity contribution in [3.8, 4) is 0 Å². The zero-order chi connectivity index (χ0) is 15.2. The van der Waals surface area contributed by atoms with E-state index < -0.39 is 11.4 Å². The molecule has 4 nitrogen and oxygen atoms in total. The Morgan fingerprint density at radius 3 is 2.35 bits per heavy atom.